The maximum Gasteiger partial charge on any atom is 0.315 e. The van der Waals surface area contributed by atoms with Crippen molar-refractivity contribution < 1.29 is 9.90 Å². The Hall–Kier alpha value is -1.59. The van der Waals surface area contributed by atoms with Crippen LogP contribution in [0.3, 0.4) is 0 Å². The van der Waals surface area contributed by atoms with E-state index < -0.39 is 0 Å². The molecule has 0 aliphatic carbocycles. The molecule has 5 nitrogen and oxygen atoms in total. The summed E-state index contributed by atoms with van der Waals surface area (Å²) in [6.07, 6.45) is 0.879. The van der Waals surface area contributed by atoms with Crippen molar-refractivity contribution in [3.63, 3.8) is 0 Å². The molecule has 2 atom stereocenters. The monoisotopic (exact) mass is 293 g/mol. The van der Waals surface area contributed by atoms with Crippen LogP contribution in [0, 0.1) is 0 Å². The zero-order valence-electron chi connectivity index (χ0n) is 13.2. The van der Waals surface area contributed by atoms with Crippen molar-refractivity contribution in [2.24, 2.45) is 0 Å². The lowest BCUT2D eigenvalue weighted by atomic mass is 10.1. The molecule has 0 bridgehead atoms. The molecule has 5 heteroatoms. The van der Waals surface area contributed by atoms with Crippen molar-refractivity contribution >= 4 is 6.03 Å². The second kappa shape index (κ2) is 9.37. The number of benzene rings is 1. The average Bonchev–Trinajstić information content (AvgIpc) is 2.47. The van der Waals surface area contributed by atoms with E-state index in [1.807, 2.05) is 18.2 Å². The SMILES string of the molecule is CC(CO)NC(=O)NCCC(C)N(C)Cc1ccccc1. The number of carbonyl (C=O) groups excluding carboxylic acids is 1. The first-order chi connectivity index (χ1) is 10.0. The first kappa shape index (κ1) is 17.5. The maximum absolute atomic E-state index is 11.5. The average molecular weight is 293 g/mol. The summed E-state index contributed by atoms with van der Waals surface area (Å²) >= 11 is 0. The molecule has 0 radical (unpaired) electrons. The number of hydrogen-bond acceptors (Lipinski definition) is 3. The van der Waals surface area contributed by atoms with Gasteiger partial charge in [0.1, 0.15) is 0 Å². The van der Waals surface area contributed by atoms with Gasteiger partial charge in [-0.15, -0.1) is 0 Å². The van der Waals surface area contributed by atoms with Gasteiger partial charge in [0.2, 0.25) is 0 Å². The van der Waals surface area contributed by atoms with E-state index in [4.69, 9.17) is 5.11 Å². The van der Waals surface area contributed by atoms with Crippen molar-refractivity contribution in [1.82, 2.24) is 15.5 Å². The molecule has 0 aliphatic rings. The number of rotatable bonds is 8. The Balaban J connectivity index is 2.23. The van der Waals surface area contributed by atoms with Crippen molar-refractivity contribution in [2.75, 3.05) is 20.2 Å². The summed E-state index contributed by atoms with van der Waals surface area (Å²) in [7, 11) is 2.09. The number of nitrogens with one attached hydrogen (secondary N) is 2. The van der Waals surface area contributed by atoms with E-state index in [0.717, 1.165) is 13.0 Å². The number of urea groups is 1. The molecule has 2 amide bonds. The van der Waals surface area contributed by atoms with Crippen LogP contribution in [0.5, 0.6) is 0 Å². The maximum atomic E-state index is 11.5. The van der Waals surface area contributed by atoms with Gasteiger partial charge >= 0.3 is 6.03 Å². The fourth-order valence-electron chi connectivity index (χ4n) is 1.96. The van der Waals surface area contributed by atoms with Gasteiger partial charge in [0.05, 0.1) is 12.6 Å². The Bertz CT molecular complexity index is 411. The second-order valence-electron chi connectivity index (χ2n) is 5.52. The van der Waals surface area contributed by atoms with Gasteiger partial charge in [-0.3, -0.25) is 4.90 Å². The van der Waals surface area contributed by atoms with Crippen LogP contribution in [0.15, 0.2) is 30.3 Å². The lowest BCUT2D eigenvalue weighted by Gasteiger charge is -2.25. The summed E-state index contributed by atoms with van der Waals surface area (Å²) in [4.78, 5) is 13.8. The molecule has 1 rings (SSSR count). The van der Waals surface area contributed by atoms with Gasteiger partial charge in [-0.25, -0.2) is 4.79 Å². The molecule has 0 aliphatic heterocycles. The standard InChI is InChI=1S/C16H27N3O2/c1-13(12-20)18-16(21)17-10-9-14(2)19(3)11-15-7-5-4-6-8-15/h4-8,13-14,20H,9-12H2,1-3H3,(H2,17,18,21). The van der Waals surface area contributed by atoms with E-state index >= 15 is 0 Å². The molecule has 0 fully saturated rings. The molecule has 118 valence electrons. The number of aliphatic hydroxyl groups excluding tert-OH is 1. The normalized spacial score (nSPS) is 13.8. The predicted octanol–water partition coefficient (Wildman–Crippen LogP) is 1.58. The lowest BCUT2D eigenvalue weighted by Crippen LogP contribution is -2.43. The summed E-state index contributed by atoms with van der Waals surface area (Å²) < 4.78 is 0. The third-order valence-electron chi connectivity index (χ3n) is 3.53. The van der Waals surface area contributed by atoms with E-state index in [9.17, 15) is 4.79 Å². The molecule has 0 saturated heterocycles. The number of aliphatic hydroxyl groups is 1. The second-order valence-corrected chi connectivity index (χ2v) is 5.52. The van der Waals surface area contributed by atoms with E-state index in [-0.39, 0.29) is 18.7 Å². The molecule has 0 heterocycles. The van der Waals surface area contributed by atoms with Gasteiger partial charge in [-0.2, -0.15) is 0 Å². The van der Waals surface area contributed by atoms with Crippen molar-refractivity contribution in [1.29, 1.82) is 0 Å². The van der Waals surface area contributed by atoms with Gasteiger partial charge in [-0.05, 0) is 32.9 Å². The molecule has 0 aromatic heterocycles. The highest BCUT2D eigenvalue weighted by Crippen LogP contribution is 2.07. The van der Waals surface area contributed by atoms with Gasteiger partial charge in [0.15, 0.2) is 0 Å². The van der Waals surface area contributed by atoms with Crippen LogP contribution in [0.1, 0.15) is 25.8 Å². The zero-order valence-corrected chi connectivity index (χ0v) is 13.2. The minimum atomic E-state index is -0.227. The van der Waals surface area contributed by atoms with E-state index in [2.05, 4.69) is 41.6 Å². The van der Waals surface area contributed by atoms with Crippen LogP contribution < -0.4 is 10.6 Å². The van der Waals surface area contributed by atoms with Gasteiger partial charge in [-0.1, -0.05) is 30.3 Å². The first-order valence-corrected chi connectivity index (χ1v) is 7.42. The third-order valence-corrected chi connectivity index (χ3v) is 3.53. The van der Waals surface area contributed by atoms with Crippen LogP contribution in [0.4, 0.5) is 4.79 Å². The number of amides is 2. The number of nitrogens with zero attached hydrogens (tertiary/aromatic N) is 1. The summed E-state index contributed by atoms with van der Waals surface area (Å²) in [6.45, 7) is 5.37. The van der Waals surface area contributed by atoms with Gasteiger partial charge in [0.25, 0.3) is 0 Å². The first-order valence-electron chi connectivity index (χ1n) is 7.42. The van der Waals surface area contributed by atoms with Gasteiger partial charge in [0, 0.05) is 19.1 Å². The summed E-state index contributed by atoms with van der Waals surface area (Å²) in [5, 5.41) is 14.3. The minimum absolute atomic E-state index is 0.0519. The van der Waals surface area contributed by atoms with Crippen molar-refractivity contribution in [3.8, 4) is 0 Å². The van der Waals surface area contributed by atoms with E-state index in [1.54, 1.807) is 6.92 Å². The highest BCUT2D eigenvalue weighted by molar-refractivity contribution is 5.74. The summed E-state index contributed by atoms with van der Waals surface area (Å²) in [6, 6.07) is 10.3. The summed E-state index contributed by atoms with van der Waals surface area (Å²) in [5.41, 5.74) is 1.29. The Morgan fingerprint density at radius 2 is 1.95 bits per heavy atom. The van der Waals surface area contributed by atoms with Crippen LogP contribution in [-0.2, 0) is 6.54 Å². The van der Waals surface area contributed by atoms with Crippen LogP contribution >= 0.6 is 0 Å². The molecule has 21 heavy (non-hydrogen) atoms. The molecule has 0 saturated carbocycles. The van der Waals surface area contributed by atoms with Crippen LogP contribution in [-0.4, -0.2) is 48.3 Å². The lowest BCUT2D eigenvalue weighted by molar-refractivity contribution is 0.215. The highest BCUT2D eigenvalue weighted by atomic mass is 16.3. The van der Waals surface area contributed by atoms with Crippen molar-refractivity contribution in [2.45, 2.75) is 38.9 Å². The highest BCUT2D eigenvalue weighted by Gasteiger charge is 2.10. The molecule has 3 N–H and O–H groups in total. The Morgan fingerprint density at radius 1 is 1.29 bits per heavy atom. The zero-order chi connectivity index (χ0) is 15.7. The molecule has 1 aromatic carbocycles. The quantitative estimate of drug-likeness (QED) is 0.682. The Morgan fingerprint density at radius 3 is 2.57 bits per heavy atom. The molecule has 2 unspecified atom stereocenters. The van der Waals surface area contributed by atoms with E-state index in [0.29, 0.717) is 12.6 Å². The minimum Gasteiger partial charge on any atom is -0.394 e. The molecule has 0 spiro atoms. The number of hydrogen-bond donors (Lipinski definition) is 3. The largest absolute Gasteiger partial charge is 0.394 e. The fourth-order valence-corrected chi connectivity index (χ4v) is 1.96. The molecular weight excluding hydrogens is 266 g/mol. The summed E-state index contributed by atoms with van der Waals surface area (Å²) in [5.74, 6) is 0. The third kappa shape index (κ3) is 7.11. The van der Waals surface area contributed by atoms with E-state index in [1.165, 1.54) is 5.56 Å². The smallest absolute Gasteiger partial charge is 0.315 e. The molecule has 1 aromatic rings. The van der Waals surface area contributed by atoms with Crippen molar-refractivity contribution in [3.05, 3.63) is 35.9 Å². The topological polar surface area (TPSA) is 64.6 Å². The van der Waals surface area contributed by atoms with Crippen LogP contribution in [0.25, 0.3) is 0 Å². The van der Waals surface area contributed by atoms with Gasteiger partial charge < -0.3 is 15.7 Å². The number of carbonyl (C=O) groups is 1. The molecular formula is C16H27N3O2. The predicted molar refractivity (Wildman–Crippen MR) is 85.1 cm³/mol. The van der Waals surface area contributed by atoms with Crippen LogP contribution in [0.2, 0.25) is 0 Å². The Kier molecular flexibility index (Phi) is 7.79. The Labute approximate surface area is 127 Å². The fraction of sp³-hybridized carbons (Fsp3) is 0.562.